The number of carbonyl (C=O) groups excluding carboxylic acids is 1. The molecule has 5 heteroatoms. The molecule has 2 atom stereocenters. The third-order valence-electron chi connectivity index (χ3n) is 5.35. The normalized spacial score (nSPS) is 23.2. The van der Waals surface area contributed by atoms with Gasteiger partial charge in [-0.2, -0.15) is 0 Å². The smallest absolute Gasteiger partial charge is 0.259 e. The Hall–Kier alpha value is -2.14. The second kappa shape index (κ2) is 7.62. The molecule has 1 aliphatic heterocycles. The summed E-state index contributed by atoms with van der Waals surface area (Å²) in [5, 5.41) is 4.08. The van der Waals surface area contributed by atoms with Gasteiger partial charge in [-0.15, -0.1) is 0 Å². The van der Waals surface area contributed by atoms with E-state index < -0.39 is 0 Å². The molecule has 0 spiro atoms. The predicted octanol–water partition coefficient (Wildman–Crippen LogP) is 4.15. The molecule has 1 aliphatic carbocycles. The molecule has 4 rings (SSSR count). The Morgan fingerprint density at radius 1 is 1.23 bits per heavy atom. The van der Waals surface area contributed by atoms with Gasteiger partial charge in [-0.3, -0.25) is 4.79 Å². The lowest BCUT2D eigenvalue weighted by Gasteiger charge is -2.38. The lowest BCUT2D eigenvalue weighted by molar-refractivity contribution is -0.0874. The number of ether oxygens (including phenoxy) is 1. The number of unbranched alkanes of at least 4 members (excludes halogenated alkanes) is 1. The van der Waals surface area contributed by atoms with E-state index in [4.69, 9.17) is 9.26 Å². The molecule has 0 bridgehead atoms. The van der Waals surface area contributed by atoms with E-state index in [2.05, 4.69) is 12.1 Å². The Labute approximate surface area is 154 Å². The van der Waals surface area contributed by atoms with Gasteiger partial charge in [-0.25, -0.2) is 0 Å². The molecular weight excluding hydrogens is 328 g/mol. The van der Waals surface area contributed by atoms with Crippen molar-refractivity contribution in [3.05, 3.63) is 42.2 Å². The molecule has 2 aromatic rings. The second-order valence-corrected chi connectivity index (χ2v) is 7.43. The van der Waals surface area contributed by atoms with Crippen molar-refractivity contribution in [3.63, 3.8) is 0 Å². The highest BCUT2D eigenvalue weighted by atomic mass is 16.5. The van der Waals surface area contributed by atoms with Crippen LogP contribution in [0.5, 0.6) is 0 Å². The third-order valence-corrected chi connectivity index (χ3v) is 5.35. The molecule has 0 N–H and O–H groups in total. The van der Waals surface area contributed by atoms with Crippen molar-refractivity contribution in [2.45, 2.75) is 51.2 Å². The summed E-state index contributed by atoms with van der Waals surface area (Å²) in [5.41, 5.74) is 2.07. The summed E-state index contributed by atoms with van der Waals surface area (Å²) in [7, 11) is 0. The summed E-state index contributed by atoms with van der Waals surface area (Å²) < 4.78 is 11.5. The Balaban J connectivity index is 1.54. The number of nitrogens with zero attached hydrogens (tertiary/aromatic N) is 2. The fourth-order valence-corrected chi connectivity index (χ4v) is 3.72. The molecule has 5 nitrogen and oxygen atoms in total. The molecule has 1 aromatic carbocycles. The van der Waals surface area contributed by atoms with E-state index in [-0.39, 0.29) is 18.1 Å². The fourth-order valence-electron chi connectivity index (χ4n) is 3.72. The van der Waals surface area contributed by atoms with Crippen molar-refractivity contribution < 1.29 is 14.1 Å². The predicted molar refractivity (Wildman–Crippen MR) is 98.8 cm³/mol. The first-order valence-corrected chi connectivity index (χ1v) is 9.70. The Bertz CT molecular complexity index is 739. The fraction of sp³-hybridized carbons (Fsp3) is 0.524. The first kappa shape index (κ1) is 17.3. The van der Waals surface area contributed by atoms with Crippen LogP contribution in [0.2, 0.25) is 0 Å². The number of amides is 1. The van der Waals surface area contributed by atoms with E-state index in [1.165, 1.54) is 19.1 Å². The minimum Gasteiger partial charge on any atom is -0.371 e. The summed E-state index contributed by atoms with van der Waals surface area (Å²) in [6.45, 7) is 3.51. The molecule has 138 valence electrons. The topological polar surface area (TPSA) is 55.6 Å². The van der Waals surface area contributed by atoms with E-state index >= 15 is 0 Å². The van der Waals surface area contributed by atoms with Gasteiger partial charge in [-0.05, 0) is 25.2 Å². The zero-order valence-corrected chi connectivity index (χ0v) is 15.3. The molecular formula is C21H26N2O3. The minimum atomic E-state index is 0.000511. The molecule has 1 aromatic heterocycles. The summed E-state index contributed by atoms with van der Waals surface area (Å²) in [4.78, 5) is 15.2. The van der Waals surface area contributed by atoms with E-state index in [0.29, 0.717) is 30.3 Å². The van der Waals surface area contributed by atoms with Crippen LogP contribution in [0.15, 0.2) is 41.1 Å². The highest BCUT2D eigenvalue weighted by Crippen LogP contribution is 2.37. The van der Waals surface area contributed by atoms with Crippen LogP contribution in [0, 0.1) is 5.92 Å². The van der Waals surface area contributed by atoms with Gasteiger partial charge >= 0.3 is 0 Å². The molecule has 2 fully saturated rings. The summed E-state index contributed by atoms with van der Waals surface area (Å²) in [6.07, 6.45) is 7.52. The molecule has 1 amide bonds. The average molecular weight is 354 g/mol. The monoisotopic (exact) mass is 354 g/mol. The van der Waals surface area contributed by atoms with E-state index in [0.717, 1.165) is 24.8 Å². The van der Waals surface area contributed by atoms with Gasteiger partial charge < -0.3 is 14.2 Å². The van der Waals surface area contributed by atoms with Crippen LogP contribution < -0.4 is 0 Å². The van der Waals surface area contributed by atoms with Gasteiger partial charge in [0.15, 0.2) is 0 Å². The van der Waals surface area contributed by atoms with Gasteiger partial charge in [0.25, 0.3) is 5.91 Å². The number of benzene rings is 1. The highest BCUT2D eigenvalue weighted by Gasteiger charge is 2.40. The minimum absolute atomic E-state index is 0.000511. The molecule has 2 heterocycles. The lowest BCUT2D eigenvalue weighted by Crippen LogP contribution is -2.50. The molecule has 2 aliphatic rings. The molecule has 1 saturated heterocycles. The van der Waals surface area contributed by atoms with E-state index in [1.54, 1.807) is 0 Å². The molecule has 0 unspecified atom stereocenters. The maximum Gasteiger partial charge on any atom is 0.259 e. The van der Waals surface area contributed by atoms with Gasteiger partial charge in [0.05, 0.1) is 12.2 Å². The number of hydrogen-bond acceptors (Lipinski definition) is 4. The lowest BCUT2D eigenvalue weighted by atomic mass is 10.0. The summed E-state index contributed by atoms with van der Waals surface area (Å²) >= 11 is 0. The van der Waals surface area contributed by atoms with Crippen molar-refractivity contribution in [1.82, 2.24) is 10.1 Å². The number of hydrogen-bond donors (Lipinski definition) is 0. The Kier molecular flexibility index (Phi) is 5.07. The third kappa shape index (κ3) is 3.68. The Morgan fingerprint density at radius 2 is 2.04 bits per heavy atom. The Morgan fingerprint density at radius 3 is 2.77 bits per heavy atom. The van der Waals surface area contributed by atoms with Gasteiger partial charge in [0.1, 0.15) is 17.5 Å². The van der Waals surface area contributed by atoms with Gasteiger partial charge in [0, 0.05) is 18.7 Å². The highest BCUT2D eigenvalue weighted by molar-refractivity contribution is 5.99. The number of aromatic nitrogens is 1. The van der Waals surface area contributed by atoms with E-state index in [9.17, 15) is 4.79 Å². The number of rotatable bonds is 6. The van der Waals surface area contributed by atoms with Crippen molar-refractivity contribution >= 4 is 5.91 Å². The number of carbonyl (C=O) groups is 1. The van der Waals surface area contributed by atoms with Crippen LogP contribution >= 0.6 is 0 Å². The van der Waals surface area contributed by atoms with Crippen LogP contribution in [-0.2, 0) is 4.74 Å². The van der Waals surface area contributed by atoms with Crippen LogP contribution in [0.25, 0.3) is 11.3 Å². The van der Waals surface area contributed by atoms with Crippen molar-refractivity contribution in [2.75, 3.05) is 13.1 Å². The molecule has 1 saturated carbocycles. The zero-order chi connectivity index (χ0) is 17.9. The maximum absolute atomic E-state index is 13.2. The van der Waals surface area contributed by atoms with Crippen molar-refractivity contribution in [3.8, 4) is 11.3 Å². The van der Waals surface area contributed by atoms with Crippen LogP contribution in [0.3, 0.4) is 0 Å². The van der Waals surface area contributed by atoms with Crippen LogP contribution in [-0.4, -0.2) is 41.3 Å². The van der Waals surface area contributed by atoms with E-state index in [1.807, 2.05) is 35.2 Å². The summed E-state index contributed by atoms with van der Waals surface area (Å²) in [5.74, 6) is 0.617. The van der Waals surface area contributed by atoms with Crippen LogP contribution in [0.4, 0.5) is 0 Å². The van der Waals surface area contributed by atoms with Crippen molar-refractivity contribution in [2.24, 2.45) is 5.92 Å². The largest absolute Gasteiger partial charge is 0.371 e. The van der Waals surface area contributed by atoms with Gasteiger partial charge in [0.2, 0.25) is 0 Å². The standard InChI is InChI=1S/C21H26N2O3/c1-2-3-9-17-12-23(13-19(26-17)15-10-11-15)21(24)18-14-25-22-20(18)16-7-5-4-6-8-16/h4-8,14-15,17,19H,2-3,9-13H2,1H3/t17-,19-/m1/s1. The summed E-state index contributed by atoms with van der Waals surface area (Å²) in [6, 6.07) is 9.73. The van der Waals surface area contributed by atoms with Gasteiger partial charge in [-0.1, -0.05) is 55.3 Å². The zero-order valence-electron chi connectivity index (χ0n) is 15.3. The quantitative estimate of drug-likeness (QED) is 0.782. The second-order valence-electron chi connectivity index (χ2n) is 7.43. The van der Waals surface area contributed by atoms with Crippen LogP contribution in [0.1, 0.15) is 49.4 Å². The maximum atomic E-state index is 13.2. The first-order chi connectivity index (χ1) is 12.8. The number of morpholine rings is 1. The molecule has 26 heavy (non-hydrogen) atoms. The first-order valence-electron chi connectivity index (χ1n) is 9.70. The molecule has 0 radical (unpaired) electrons. The SMILES string of the molecule is CCCC[C@@H]1CN(C(=O)c2conc2-c2ccccc2)C[C@H](C2CC2)O1. The average Bonchev–Trinajstić information content (AvgIpc) is 3.43. The van der Waals surface area contributed by atoms with Crippen molar-refractivity contribution in [1.29, 1.82) is 0 Å².